The summed E-state index contributed by atoms with van der Waals surface area (Å²) in [4.78, 5) is 12.4. The van der Waals surface area contributed by atoms with Gasteiger partial charge in [0.05, 0.1) is 26.9 Å². The fraction of sp³-hybridized carbons (Fsp3) is 0.500. The van der Waals surface area contributed by atoms with Gasteiger partial charge in [0.1, 0.15) is 17.4 Å². The number of hydrogen-bond donors (Lipinski definition) is 3. The highest BCUT2D eigenvalue weighted by Crippen LogP contribution is 2.45. The van der Waals surface area contributed by atoms with Crippen molar-refractivity contribution in [1.82, 2.24) is 10.6 Å². The molecule has 0 saturated carbocycles. The van der Waals surface area contributed by atoms with E-state index in [0.29, 0.717) is 5.75 Å². The molecule has 0 aromatic heterocycles. The zero-order valence-electron chi connectivity index (χ0n) is 14.7. The highest BCUT2D eigenvalue weighted by atomic mass is 32.1. The van der Waals surface area contributed by atoms with Crippen molar-refractivity contribution in [2.75, 3.05) is 20.8 Å². The molecule has 1 saturated heterocycles. The first kappa shape index (κ1) is 21.0. The summed E-state index contributed by atoms with van der Waals surface area (Å²) in [5.41, 5.74) is -3.50. The Bertz CT molecular complexity index is 730. The molecule has 27 heavy (non-hydrogen) atoms. The van der Waals surface area contributed by atoms with E-state index < -0.39 is 34.9 Å². The lowest BCUT2D eigenvalue weighted by Crippen LogP contribution is -2.73. The van der Waals surface area contributed by atoms with Crippen molar-refractivity contribution in [1.29, 1.82) is 0 Å². The number of methoxy groups -OCH3 is 2. The quantitative estimate of drug-likeness (QED) is 0.501. The summed E-state index contributed by atoms with van der Waals surface area (Å²) < 4.78 is 56.2. The molecule has 1 heterocycles. The number of hydrogen-bond acceptors (Lipinski definition) is 6. The van der Waals surface area contributed by atoms with E-state index in [4.69, 9.17) is 26.4 Å². The van der Waals surface area contributed by atoms with E-state index in [2.05, 4.69) is 5.32 Å². The van der Waals surface area contributed by atoms with Crippen molar-refractivity contribution < 1.29 is 37.3 Å². The summed E-state index contributed by atoms with van der Waals surface area (Å²) in [6.45, 7) is 1.27. The third-order valence-corrected chi connectivity index (χ3v) is 4.34. The average Bonchev–Trinajstić information content (AvgIpc) is 2.59. The Morgan fingerprint density at radius 3 is 2.52 bits per heavy atom. The molecule has 0 spiro atoms. The lowest BCUT2D eigenvalue weighted by Gasteiger charge is -2.45. The number of nitrogens with one attached hydrogen (secondary N) is 2. The maximum absolute atomic E-state index is 13.7. The van der Waals surface area contributed by atoms with E-state index in [1.54, 1.807) is 5.32 Å². The van der Waals surface area contributed by atoms with Gasteiger partial charge in [-0.1, -0.05) is 0 Å². The van der Waals surface area contributed by atoms with Gasteiger partial charge in [0.25, 0.3) is 5.72 Å². The maximum Gasteiger partial charge on any atom is 0.437 e. The summed E-state index contributed by atoms with van der Waals surface area (Å²) in [6, 6.07) is 3.01. The van der Waals surface area contributed by atoms with Crippen molar-refractivity contribution in [3.05, 3.63) is 23.8 Å². The number of halogens is 3. The smallest absolute Gasteiger partial charge is 0.437 e. The van der Waals surface area contributed by atoms with Gasteiger partial charge in [-0.3, -0.25) is 4.79 Å². The maximum atomic E-state index is 13.7. The number of carbonyl (C=O) groups is 1. The normalized spacial score (nSPS) is 25.2. The minimum atomic E-state index is -5.22. The Morgan fingerprint density at radius 1 is 1.33 bits per heavy atom. The van der Waals surface area contributed by atoms with Gasteiger partial charge < -0.3 is 30.0 Å². The third-order valence-electron chi connectivity index (χ3n) is 4.12. The predicted octanol–water partition coefficient (Wildman–Crippen LogP) is 1.65. The van der Waals surface area contributed by atoms with Crippen LogP contribution in [0.4, 0.5) is 13.2 Å². The first-order chi connectivity index (χ1) is 12.6. The molecular weight excluding hydrogens is 389 g/mol. The molecule has 0 aliphatic carbocycles. The Morgan fingerprint density at radius 2 is 2.00 bits per heavy atom. The second kappa shape index (κ2) is 7.77. The van der Waals surface area contributed by atoms with Crippen LogP contribution < -0.4 is 20.1 Å². The second-order valence-electron chi connectivity index (χ2n) is 5.68. The van der Waals surface area contributed by atoms with Crippen molar-refractivity contribution in [3.8, 4) is 11.5 Å². The SMILES string of the molecule is CCOC(=O)[C@H]1[C@@H](c2cc(OC)ccc2OC)NC(=S)N[C@@]1(O)C(F)(F)F. The third kappa shape index (κ3) is 3.88. The first-order valence-corrected chi connectivity index (χ1v) is 8.26. The van der Waals surface area contributed by atoms with Crippen LogP contribution in [-0.2, 0) is 9.53 Å². The van der Waals surface area contributed by atoms with Crippen LogP contribution in [0, 0.1) is 5.92 Å². The van der Waals surface area contributed by atoms with E-state index in [0.717, 1.165) is 0 Å². The molecule has 3 atom stereocenters. The van der Waals surface area contributed by atoms with Crippen LogP contribution in [0.25, 0.3) is 0 Å². The molecule has 11 heteroatoms. The molecule has 1 aromatic carbocycles. The van der Waals surface area contributed by atoms with Gasteiger partial charge in [0.15, 0.2) is 5.11 Å². The van der Waals surface area contributed by atoms with Gasteiger partial charge >= 0.3 is 12.1 Å². The topological polar surface area (TPSA) is 89.1 Å². The van der Waals surface area contributed by atoms with Gasteiger partial charge in [-0.15, -0.1) is 0 Å². The molecular formula is C16H19F3N2O5S. The molecule has 1 fully saturated rings. The van der Waals surface area contributed by atoms with Crippen molar-refractivity contribution in [2.45, 2.75) is 24.9 Å². The number of aliphatic hydroxyl groups is 1. The molecule has 7 nitrogen and oxygen atoms in total. The van der Waals surface area contributed by atoms with Crippen LogP contribution in [0.15, 0.2) is 18.2 Å². The fourth-order valence-corrected chi connectivity index (χ4v) is 3.16. The van der Waals surface area contributed by atoms with Gasteiger partial charge in [-0.05, 0) is 37.3 Å². The molecule has 0 amide bonds. The summed E-state index contributed by atoms with van der Waals surface area (Å²) in [6.07, 6.45) is -5.22. The molecule has 0 radical (unpaired) electrons. The monoisotopic (exact) mass is 408 g/mol. The van der Waals surface area contributed by atoms with Gasteiger partial charge in [0.2, 0.25) is 0 Å². The molecule has 150 valence electrons. The van der Waals surface area contributed by atoms with Gasteiger partial charge in [-0.2, -0.15) is 13.2 Å². The molecule has 1 aromatic rings. The van der Waals surface area contributed by atoms with Gasteiger partial charge in [-0.25, -0.2) is 0 Å². The number of alkyl halides is 3. The van der Waals surface area contributed by atoms with Crippen LogP contribution >= 0.6 is 12.2 Å². The van der Waals surface area contributed by atoms with E-state index in [1.165, 1.54) is 39.3 Å². The summed E-state index contributed by atoms with van der Waals surface area (Å²) in [7, 11) is 2.70. The van der Waals surface area contributed by atoms with Gasteiger partial charge in [0, 0.05) is 5.56 Å². The molecule has 3 N–H and O–H groups in total. The van der Waals surface area contributed by atoms with E-state index in [-0.39, 0.29) is 17.9 Å². The molecule has 2 rings (SSSR count). The number of esters is 1. The Labute approximate surface area is 158 Å². The van der Waals surface area contributed by atoms with Crippen molar-refractivity contribution in [2.24, 2.45) is 5.92 Å². The number of carbonyl (C=O) groups excluding carboxylic acids is 1. The standard InChI is InChI=1S/C16H19F3N2O5S/c1-4-26-13(22)11-12(9-7-8(24-2)5-6-10(9)25-3)20-14(27)21-15(11,23)16(17,18)19/h5-7,11-12,23H,4H2,1-3H3,(H2,20,21,27)/t11-,12-,15+/m1/s1. The highest BCUT2D eigenvalue weighted by molar-refractivity contribution is 7.80. The van der Waals surface area contributed by atoms with E-state index in [1.807, 2.05) is 0 Å². The van der Waals surface area contributed by atoms with Crippen LogP contribution in [0.3, 0.4) is 0 Å². The summed E-state index contributed by atoms with van der Waals surface area (Å²) in [5.74, 6) is -2.87. The Balaban J connectivity index is 2.67. The number of benzene rings is 1. The lowest BCUT2D eigenvalue weighted by molar-refractivity contribution is -0.292. The second-order valence-corrected chi connectivity index (χ2v) is 6.09. The van der Waals surface area contributed by atoms with E-state index in [9.17, 15) is 23.1 Å². The minimum Gasteiger partial charge on any atom is -0.497 e. The highest BCUT2D eigenvalue weighted by Gasteiger charge is 2.66. The minimum absolute atomic E-state index is 0.140. The number of rotatable bonds is 5. The van der Waals surface area contributed by atoms with Crippen molar-refractivity contribution in [3.63, 3.8) is 0 Å². The van der Waals surface area contributed by atoms with Crippen LogP contribution in [0.5, 0.6) is 11.5 Å². The molecule has 1 aliphatic heterocycles. The summed E-state index contributed by atoms with van der Waals surface area (Å²) >= 11 is 4.84. The predicted molar refractivity (Wildman–Crippen MR) is 92.3 cm³/mol. The fourth-order valence-electron chi connectivity index (χ4n) is 2.88. The number of ether oxygens (including phenoxy) is 3. The molecule has 0 unspecified atom stereocenters. The van der Waals surface area contributed by atoms with Crippen LogP contribution in [-0.4, -0.2) is 48.9 Å². The number of thiocarbonyl (C=S) groups is 1. The first-order valence-electron chi connectivity index (χ1n) is 7.85. The van der Waals surface area contributed by atoms with E-state index >= 15 is 0 Å². The largest absolute Gasteiger partial charge is 0.497 e. The summed E-state index contributed by atoms with van der Waals surface area (Å²) in [5, 5.41) is 14.3. The zero-order valence-corrected chi connectivity index (χ0v) is 15.5. The van der Waals surface area contributed by atoms with Crippen LogP contribution in [0.2, 0.25) is 0 Å². The van der Waals surface area contributed by atoms with Crippen molar-refractivity contribution >= 4 is 23.3 Å². The average molecular weight is 408 g/mol. The lowest BCUT2D eigenvalue weighted by atomic mass is 9.81. The van der Waals surface area contributed by atoms with Crippen LogP contribution in [0.1, 0.15) is 18.5 Å². The Hall–Kier alpha value is -2.27. The zero-order chi connectivity index (χ0) is 20.4. The Kier molecular flexibility index (Phi) is 6.05. The molecule has 0 bridgehead atoms. The molecule has 1 aliphatic rings.